The van der Waals surface area contributed by atoms with Gasteiger partial charge in [0, 0.05) is 4.47 Å². The molecule has 0 atom stereocenters. The van der Waals surface area contributed by atoms with Gasteiger partial charge in [0.05, 0.1) is 5.56 Å². The number of amidine groups is 1. The van der Waals surface area contributed by atoms with E-state index in [1.54, 1.807) is 6.07 Å². The van der Waals surface area contributed by atoms with Crippen LogP contribution in [0.2, 0.25) is 0 Å². The summed E-state index contributed by atoms with van der Waals surface area (Å²) in [6, 6.07) is 9.56. The lowest BCUT2D eigenvalue weighted by molar-refractivity contribution is 0.476. The van der Waals surface area contributed by atoms with Crippen molar-refractivity contribution in [2.24, 2.45) is 5.73 Å². The third kappa shape index (κ3) is 3.02. The molecule has 0 spiro atoms. The zero-order valence-corrected chi connectivity index (χ0v) is 13.3. The summed E-state index contributed by atoms with van der Waals surface area (Å²) in [5, 5.41) is 7.63. The molecule has 0 unspecified atom stereocenters. The van der Waals surface area contributed by atoms with Crippen LogP contribution in [0.4, 0.5) is 0 Å². The number of nitrogens with two attached hydrogens (primary N) is 1. The van der Waals surface area contributed by atoms with E-state index < -0.39 is 0 Å². The van der Waals surface area contributed by atoms with Crippen LogP contribution in [0.3, 0.4) is 0 Å². The van der Waals surface area contributed by atoms with Crippen molar-refractivity contribution in [1.29, 1.82) is 5.41 Å². The molecule has 0 saturated carbocycles. The second-order valence-electron chi connectivity index (χ2n) is 4.86. The van der Waals surface area contributed by atoms with Crippen molar-refractivity contribution in [3.05, 3.63) is 57.1 Å². The molecule has 0 aliphatic heterocycles. The van der Waals surface area contributed by atoms with Gasteiger partial charge < -0.3 is 10.5 Å². The van der Waals surface area contributed by atoms with Gasteiger partial charge in [-0.05, 0) is 61.7 Å². The lowest BCUT2D eigenvalue weighted by Gasteiger charge is -2.15. The van der Waals surface area contributed by atoms with E-state index in [0.717, 1.165) is 21.3 Å². The second kappa shape index (κ2) is 5.67. The Morgan fingerprint density at radius 3 is 2.45 bits per heavy atom. The molecule has 0 bridgehead atoms. The Hall–Kier alpha value is -1.81. The molecule has 0 aliphatic rings. The SMILES string of the molecule is Cc1cc(C)c(C)c(Oc2cc(Br)ccc2C(=N)N)c1. The van der Waals surface area contributed by atoms with Crippen molar-refractivity contribution in [3.63, 3.8) is 0 Å². The lowest BCUT2D eigenvalue weighted by atomic mass is 10.1. The minimum atomic E-state index is -0.00507. The molecule has 0 fully saturated rings. The zero-order chi connectivity index (χ0) is 14.9. The smallest absolute Gasteiger partial charge is 0.139 e. The minimum Gasteiger partial charge on any atom is -0.456 e. The van der Waals surface area contributed by atoms with Gasteiger partial charge in [0.1, 0.15) is 17.3 Å². The largest absolute Gasteiger partial charge is 0.456 e. The maximum absolute atomic E-state index is 7.63. The van der Waals surface area contributed by atoms with Crippen LogP contribution in [-0.4, -0.2) is 5.84 Å². The molecule has 0 aliphatic carbocycles. The second-order valence-corrected chi connectivity index (χ2v) is 5.78. The molecular formula is C16H17BrN2O. The third-order valence-electron chi connectivity index (χ3n) is 3.22. The van der Waals surface area contributed by atoms with Crippen molar-refractivity contribution in [1.82, 2.24) is 0 Å². The highest BCUT2D eigenvalue weighted by atomic mass is 79.9. The van der Waals surface area contributed by atoms with Crippen LogP contribution in [0.15, 0.2) is 34.8 Å². The molecule has 4 heteroatoms. The van der Waals surface area contributed by atoms with Crippen LogP contribution < -0.4 is 10.5 Å². The third-order valence-corrected chi connectivity index (χ3v) is 3.71. The normalized spacial score (nSPS) is 10.4. The van der Waals surface area contributed by atoms with Crippen molar-refractivity contribution >= 4 is 21.8 Å². The molecule has 20 heavy (non-hydrogen) atoms. The molecule has 0 heterocycles. The number of nitrogens with one attached hydrogen (secondary N) is 1. The fourth-order valence-electron chi connectivity index (χ4n) is 2.03. The van der Waals surface area contributed by atoms with Crippen molar-refractivity contribution in [3.8, 4) is 11.5 Å². The van der Waals surface area contributed by atoms with Crippen LogP contribution in [-0.2, 0) is 0 Å². The van der Waals surface area contributed by atoms with Gasteiger partial charge in [-0.15, -0.1) is 0 Å². The summed E-state index contributed by atoms with van der Waals surface area (Å²) >= 11 is 3.41. The number of rotatable bonds is 3. The number of ether oxygens (including phenoxy) is 1. The predicted octanol–water partition coefficient (Wildman–Crippen LogP) is 4.45. The first-order chi connectivity index (χ1) is 9.38. The minimum absolute atomic E-state index is 0.00507. The van der Waals surface area contributed by atoms with Crippen LogP contribution in [0.25, 0.3) is 0 Å². The van der Waals surface area contributed by atoms with Crippen molar-refractivity contribution in [2.75, 3.05) is 0 Å². The molecule has 104 valence electrons. The first-order valence-corrected chi connectivity index (χ1v) is 7.07. The summed E-state index contributed by atoms with van der Waals surface area (Å²) in [4.78, 5) is 0. The fraction of sp³-hybridized carbons (Fsp3) is 0.188. The average Bonchev–Trinajstić information content (AvgIpc) is 2.35. The Bertz CT molecular complexity index is 680. The quantitative estimate of drug-likeness (QED) is 0.644. The number of hydrogen-bond acceptors (Lipinski definition) is 2. The topological polar surface area (TPSA) is 59.1 Å². The van der Waals surface area contributed by atoms with Gasteiger partial charge in [-0.1, -0.05) is 22.0 Å². The molecular weight excluding hydrogens is 316 g/mol. The highest BCUT2D eigenvalue weighted by Crippen LogP contribution is 2.32. The van der Waals surface area contributed by atoms with Gasteiger partial charge in [-0.2, -0.15) is 0 Å². The maximum atomic E-state index is 7.63. The average molecular weight is 333 g/mol. The molecule has 2 aromatic carbocycles. The summed E-state index contributed by atoms with van der Waals surface area (Å²) < 4.78 is 6.88. The van der Waals surface area contributed by atoms with Crippen LogP contribution in [0.5, 0.6) is 11.5 Å². The van der Waals surface area contributed by atoms with Crippen molar-refractivity contribution < 1.29 is 4.74 Å². The van der Waals surface area contributed by atoms with Crippen LogP contribution >= 0.6 is 15.9 Å². The molecule has 2 rings (SSSR count). The Labute approximate surface area is 127 Å². The number of nitrogen functional groups attached to an aromatic ring is 1. The van der Waals surface area contributed by atoms with Gasteiger partial charge >= 0.3 is 0 Å². The first kappa shape index (κ1) is 14.6. The Kier molecular flexibility index (Phi) is 4.14. The Morgan fingerprint density at radius 2 is 1.80 bits per heavy atom. The Balaban J connectivity index is 2.50. The number of benzene rings is 2. The van der Waals surface area contributed by atoms with Gasteiger partial charge in [0.25, 0.3) is 0 Å². The number of hydrogen-bond donors (Lipinski definition) is 2. The van der Waals surface area contributed by atoms with E-state index in [1.807, 2.05) is 32.0 Å². The highest BCUT2D eigenvalue weighted by Gasteiger charge is 2.11. The number of aryl methyl sites for hydroxylation is 2. The molecule has 0 aromatic heterocycles. The van der Waals surface area contributed by atoms with Gasteiger partial charge in [-0.3, -0.25) is 5.41 Å². The summed E-state index contributed by atoms with van der Waals surface area (Å²) in [5.41, 5.74) is 9.60. The standard InChI is InChI=1S/C16H17BrN2O/c1-9-6-10(2)11(3)14(7-9)20-15-8-12(17)4-5-13(15)16(18)19/h4-8H,1-3H3,(H3,18,19). The predicted molar refractivity (Wildman–Crippen MR) is 85.9 cm³/mol. The zero-order valence-electron chi connectivity index (χ0n) is 11.8. The first-order valence-electron chi connectivity index (χ1n) is 6.28. The summed E-state index contributed by atoms with van der Waals surface area (Å²) in [5.74, 6) is 1.37. The summed E-state index contributed by atoms with van der Waals surface area (Å²) in [7, 11) is 0. The molecule has 0 radical (unpaired) electrons. The van der Waals surface area contributed by atoms with E-state index in [9.17, 15) is 0 Å². The maximum Gasteiger partial charge on any atom is 0.139 e. The molecule has 3 nitrogen and oxygen atoms in total. The van der Waals surface area contributed by atoms with E-state index >= 15 is 0 Å². The highest BCUT2D eigenvalue weighted by molar-refractivity contribution is 9.10. The van der Waals surface area contributed by atoms with E-state index in [-0.39, 0.29) is 5.84 Å². The van der Waals surface area contributed by atoms with Crippen molar-refractivity contribution in [2.45, 2.75) is 20.8 Å². The van der Waals surface area contributed by atoms with E-state index in [4.69, 9.17) is 15.9 Å². The summed E-state index contributed by atoms with van der Waals surface area (Å²) in [6.07, 6.45) is 0. The Morgan fingerprint density at radius 1 is 1.10 bits per heavy atom. The molecule has 0 saturated heterocycles. The monoisotopic (exact) mass is 332 g/mol. The van der Waals surface area contributed by atoms with Gasteiger partial charge in [0.2, 0.25) is 0 Å². The van der Waals surface area contributed by atoms with E-state index in [0.29, 0.717) is 11.3 Å². The van der Waals surface area contributed by atoms with E-state index in [2.05, 4.69) is 28.9 Å². The van der Waals surface area contributed by atoms with Gasteiger partial charge in [-0.25, -0.2) is 0 Å². The van der Waals surface area contributed by atoms with Crippen LogP contribution in [0, 0.1) is 26.2 Å². The number of halogens is 1. The molecule has 3 N–H and O–H groups in total. The lowest BCUT2D eigenvalue weighted by Crippen LogP contribution is -2.12. The van der Waals surface area contributed by atoms with Crippen LogP contribution in [0.1, 0.15) is 22.3 Å². The van der Waals surface area contributed by atoms with E-state index in [1.165, 1.54) is 5.56 Å². The fourth-order valence-corrected chi connectivity index (χ4v) is 2.37. The summed E-state index contributed by atoms with van der Waals surface area (Å²) in [6.45, 7) is 6.11. The molecule has 2 aromatic rings. The molecule has 0 amide bonds. The van der Waals surface area contributed by atoms with Gasteiger partial charge in [0.15, 0.2) is 0 Å².